The highest BCUT2D eigenvalue weighted by Crippen LogP contribution is 2.13. The van der Waals surface area contributed by atoms with Crippen molar-refractivity contribution in [2.24, 2.45) is 5.92 Å². The van der Waals surface area contributed by atoms with Crippen LogP contribution < -0.4 is 16.0 Å². The van der Waals surface area contributed by atoms with Crippen molar-refractivity contribution in [2.75, 3.05) is 26.2 Å². The van der Waals surface area contributed by atoms with Crippen LogP contribution in [0.2, 0.25) is 0 Å². The highest BCUT2D eigenvalue weighted by atomic mass is 35.5. The van der Waals surface area contributed by atoms with E-state index in [0.29, 0.717) is 31.0 Å². The number of halogens is 2. The Labute approximate surface area is 141 Å². The van der Waals surface area contributed by atoms with Crippen LogP contribution >= 0.6 is 12.4 Å². The van der Waals surface area contributed by atoms with Crippen molar-refractivity contribution in [3.8, 4) is 0 Å². The van der Waals surface area contributed by atoms with Gasteiger partial charge in [0.1, 0.15) is 5.82 Å². The number of carbonyl (C=O) groups is 2. The monoisotopic (exact) mass is 343 g/mol. The molecular weight excluding hydrogens is 321 g/mol. The Morgan fingerprint density at radius 1 is 1.17 bits per heavy atom. The zero-order valence-corrected chi connectivity index (χ0v) is 13.8. The van der Waals surface area contributed by atoms with E-state index in [9.17, 15) is 14.0 Å². The van der Waals surface area contributed by atoms with Gasteiger partial charge in [-0.2, -0.15) is 0 Å². The van der Waals surface area contributed by atoms with Crippen molar-refractivity contribution in [3.63, 3.8) is 0 Å². The van der Waals surface area contributed by atoms with E-state index in [1.807, 2.05) is 0 Å². The van der Waals surface area contributed by atoms with Gasteiger partial charge in [0, 0.05) is 25.1 Å². The molecule has 7 heteroatoms. The SMILES string of the molecule is Cl.O=C(CCC1CCNC1)NCCNC(=O)c1ccc(F)cc1. The second-order valence-electron chi connectivity index (χ2n) is 5.51. The highest BCUT2D eigenvalue weighted by molar-refractivity contribution is 5.94. The molecule has 1 saturated heterocycles. The van der Waals surface area contributed by atoms with Crippen LogP contribution in [0.15, 0.2) is 24.3 Å². The molecule has 0 radical (unpaired) electrons. The minimum absolute atomic E-state index is 0. The lowest BCUT2D eigenvalue weighted by molar-refractivity contribution is -0.121. The Kier molecular flexibility index (Phi) is 8.58. The summed E-state index contributed by atoms with van der Waals surface area (Å²) in [4.78, 5) is 23.4. The fourth-order valence-electron chi connectivity index (χ4n) is 2.47. The minimum Gasteiger partial charge on any atom is -0.354 e. The first kappa shape index (κ1) is 19.4. The van der Waals surface area contributed by atoms with Gasteiger partial charge < -0.3 is 16.0 Å². The maximum atomic E-state index is 12.7. The van der Waals surface area contributed by atoms with Crippen molar-refractivity contribution in [3.05, 3.63) is 35.6 Å². The summed E-state index contributed by atoms with van der Waals surface area (Å²) in [5.41, 5.74) is 0.404. The summed E-state index contributed by atoms with van der Waals surface area (Å²) < 4.78 is 12.7. The molecule has 3 N–H and O–H groups in total. The number of nitrogens with one attached hydrogen (secondary N) is 3. The van der Waals surface area contributed by atoms with Gasteiger partial charge in [0.15, 0.2) is 0 Å². The van der Waals surface area contributed by atoms with E-state index in [1.165, 1.54) is 24.3 Å². The molecule has 0 aromatic heterocycles. The molecule has 0 saturated carbocycles. The molecular formula is C16H23ClFN3O2. The Morgan fingerprint density at radius 3 is 2.52 bits per heavy atom. The first-order valence-electron chi connectivity index (χ1n) is 7.66. The third kappa shape index (κ3) is 6.97. The molecule has 0 aliphatic carbocycles. The van der Waals surface area contributed by atoms with Crippen molar-refractivity contribution >= 4 is 24.2 Å². The topological polar surface area (TPSA) is 70.2 Å². The fraction of sp³-hybridized carbons (Fsp3) is 0.500. The first-order valence-corrected chi connectivity index (χ1v) is 7.66. The summed E-state index contributed by atoms with van der Waals surface area (Å²) >= 11 is 0. The van der Waals surface area contributed by atoms with Crippen LogP contribution in [-0.4, -0.2) is 38.0 Å². The van der Waals surface area contributed by atoms with Gasteiger partial charge in [0.05, 0.1) is 0 Å². The molecule has 1 aliphatic heterocycles. The lowest BCUT2D eigenvalue weighted by Crippen LogP contribution is -2.34. The van der Waals surface area contributed by atoms with Crippen LogP contribution in [-0.2, 0) is 4.79 Å². The fourth-order valence-corrected chi connectivity index (χ4v) is 2.47. The molecule has 1 heterocycles. The molecule has 1 fully saturated rings. The van der Waals surface area contributed by atoms with Gasteiger partial charge in [-0.1, -0.05) is 0 Å². The third-order valence-corrected chi connectivity index (χ3v) is 3.78. The normalized spacial score (nSPS) is 16.5. The number of rotatable bonds is 7. The lowest BCUT2D eigenvalue weighted by atomic mass is 10.0. The van der Waals surface area contributed by atoms with Crippen LogP contribution in [0.3, 0.4) is 0 Å². The summed E-state index contributed by atoms with van der Waals surface area (Å²) in [6, 6.07) is 5.35. The predicted octanol–water partition coefficient (Wildman–Crippen LogP) is 1.48. The Balaban J connectivity index is 0.00000264. The average molecular weight is 344 g/mol. The largest absolute Gasteiger partial charge is 0.354 e. The van der Waals surface area contributed by atoms with E-state index in [-0.39, 0.29) is 30.0 Å². The van der Waals surface area contributed by atoms with Crippen LogP contribution in [0.25, 0.3) is 0 Å². The maximum absolute atomic E-state index is 12.7. The number of hydrogen-bond acceptors (Lipinski definition) is 3. The molecule has 0 bridgehead atoms. The van der Waals surface area contributed by atoms with Crippen molar-refractivity contribution in [2.45, 2.75) is 19.3 Å². The summed E-state index contributed by atoms with van der Waals surface area (Å²) in [7, 11) is 0. The molecule has 0 spiro atoms. The third-order valence-electron chi connectivity index (χ3n) is 3.78. The number of benzene rings is 1. The Bertz CT molecular complexity index is 505. The van der Waals surface area contributed by atoms with Gasteiger partial charge >= 0.3 is 0 Å². The smallest absolute Gasteiger partial charge is 0.251 e. The Morgan fingerprint density at radius 2 is 1.87 bits per heavy atom. The summed E-state index contributed by atoms with van der Waals surface area (Å²) in [5, 5.41) is 8.75. The van der Waals surface area contributed by atoms with Gasteiger partial charge in [0.25, 0.3) is 5.91 Å². The molecule has 1 atom stereocenters. The predicted molar refractivity (Wildman–Crippen MR) is 89.2 cm³/mol. The second-order valence-corrected chi connectivity index (χ2v) is 5.51. The molecule has 23 heavy (non-hydrogen) atoms. The van der Waals surface area contributed by atoms with Crippen LogP contribution in [0.1, 0.15) is 29.6 Å². The van der Waals surface area contributed by atoms with Crippen molar-refractivity contribution in [1.29, 1.82) is 0 Å². The molecule has 2 amide bonds. The van der Waals surface area contributed by atoms with Gasteiger partial charge in [-0.15, -0.1) is 12.4 Å². The minimum atomic E-state index is -0.374. The van der Waals surface area contributed by atoms with E-state index in [4.69, 9.17) is 0 Å². The molecule has 128 valence electrons. The molecule has 5 nitrogen and oxygen atoms in total. The second kappa shape index (κ2) is 10.2. The van der Waals surface area contributed by atoms with E-state index < -0.39 is 0 Å². The van der Waals surface area contributed by atoms with E-state index >= 15 is 0 Å². The first-order chi connectivity index (χ1) is 10.6. The number of hydrogen-bond donors (Lipinski definition) is 3. The standard InChI is InChI=1S/C16H22FN3O2.ClH/c17-14-4-2-13(3-5-14)16(22)20-10-9-19-15(21)6-1-12-7-8-18-11-12;/h2-5,12,18H,1,6-11H2,(H,19,21)(H,20,22);1H. The molecule has 1 aromatic rings. The zero-order valence-electron chi connectivity index (χ0n) is 12.9. The zero-order chi connectivity index (χ0) is 15.8. The van der Waals surface area contributed by atoms with Crippen LogP contribution in [0, 0.1) is 11.7 Å². The average Bonchev–Trinajstić information content (AvgIpc) is 3.03. The van der Waals surface area contributed by atoms with Gasteiger partial charge in [-0.25, -0.2) is 4.39 Å². The van der Waals surface area contributed by atoms with Gasteiger partial charge in [0.2, 0.25) is 5.91 Å². The van der Waals surface area contributed by atoms with Crippen LogP contribution in [0.4, 0.5) is 4.39 Å². The summed E-state index contributed by atoms with van der Waals surface area (Å²) in [6.45, 7) is 2.80. The number of carbonyl (C=O) groups excluding carboxylic acids is 2. The molecule has 1 unspecified atom stereocenters. The van der Waals surface area contributed by atoms with E-state index in [0.717, 1.165) is 25.9 Å². The molecule has 1 aliphatic rings. The molecule has 1 aromatic carbocycles. The van der Waals surface area contributed by atoms with Crippen LogP contribution in [0.5, 0.6) is 0 Å². The Hall–Kier alpha value is -1.66. The quantitative estimate of drug-likeness (QED) is 0.657. The number of amides is 2. The maximum Gasteiger partial charge on any atom is 0.251 e. The highest BCUT2D eigenvalue weighted by Gasteiger charge is 2.15. The van der Waals surface area contributed by atoms with Gasteiger partial charge in [-0.05, 0) is 56.1 Å². The lowest BCUT2D eigenvalue weighted by Gasteiger charge is -2.09. The summed E-state index contributed by atoms with van der Waals surface area (Å²) in [5.74, 6) is -0.0283. The van der Waals surface area contributed by atoms with Crippen molar-refractivity contribution in [1.82, 2.24) is 16.0 Å². The van der Waals surface area contributed by atoms with Crippen molar-refractivity contribution < 1.29 is 14.0 Å². The van der Waals surface area contributed by atoms with E-state index in [1.54, 1.807) is 0 Å². The molecule has 2 rings (SSSR count). The summed E-state index contributed by atoms with van der Waals surface area (Å²) in [6.07, 6.45) is 2.57. The van der Waals surface area contributed by atoms with Gasteiger partial charge in [-0.3, -0.25) is 9.59 Å². The van der Waals surface area contributed by atoms with E-state index in [2.05, 4.69) is 16.0 Å².